The molecular formula is C15H14BrFN2O2. The van der Waals surface area contributed by atoms with Crippen LogP contribution < -0.4 is 15.8 Å². The average molecular weight is 353 g/mol. The molecule has 0 aliphatic rings. The summed E-state index contributed by atoms with van der Waals surface area (Å²) in [5.74, 6) is -0.542. The third-order valence-corrected chi connectivity index (χ3v) is 3.39. The highest BCUT2D eigenvalue weighted by atomic mass is 79.9. The fraction of sp³-hybridized carbons (Fsp3) is 0.133. The first-order valence-electron chi connectivity index (χ1n) is 6.19. The van der Waals surface area contributed by atoms with Gasteiger partial charge in [0.15, 0.2) is 6.61 Å². The largest absolute Gasteiger partial charge is 0.482 e. The second kappa shape index (κ2) is 6.58. The number of benzene rings is 2. The van der Waals surface area contributed by atoms with Crippen LogP contribution in [0.4, 0.5) is 15.8 Å². The van der Waals surface area contributed by atoms with Crippen LogP contribution >= 0.6 is 15.9 Å². The van der Waals surface area contributed by atoms with Gasteiger partial charge in [0.1, 0.15) is 11.6 Å². The molecule has 0 saturated heterocycles. The molecule has 0 fully saturated rings. The van der Waals surface area contributed by atoms with Crippen LogP contribution in [0, 0.1) is 12.7 Å². The number of aryl methyl sites for hydroxylation is 1. The molecule has 4 nitrogen and oxygen atoms in total. The van der Waals surface area contributed by atoms with Gasteiger partial charge < -0.3 is 15.8 Å². The Morgan fingerprint density at radius 2 is 2.10 bits per heavy atom. The molecule has 1 amide bonds. The topological polar surface area (TPSA) is 64.3 Å². The zero-order chi connectivity index (χ0) is 15.4. The van der Waals surface area contributed by atoms with Crippen molar-refractivity contribution in [1.82, 2.24) is 0 Å². The van der Waals surface area contributed by atoms with Crippen molar-refractivity contribution in [2.75, 3.05) is 17.7 Å². The van der Waals surface area contributed by atoms with Crippen molar-refractivity contribution in [3.63, 3.8) is 0 Å². The minimum Gasteiger partial charge on any atom is -0.482 e. The van der Waals surface area contributed by atoms with Crippen molar-refractivity contribution >= 4 is 33.2 Å². The average Bonchev–Trinajstić information content (AvgIpc) is 2.43. The number of nitrogen functional groups attached to an aromatic ring is 1. The maximum atomic E-state index is 13.1. The lowest BCUT2D eigenvalue weighted by Crippen LogP contribution is -2.21. The predicted molar refractivity (Wildman–Crippen MR) is 83.8 cm³/mol. The van der Waals surface area contributed by atoms with Gasteiger partial charge in [0.25, 0.3) is 5.91 Å². The quantitative estimate of drug-likeness (QED) is 0.827. The molecule has 0 aromatic heterocycles. The summed E-state index contributed by atoms with van der Waals surface area (Å²) in [6.07, 6.45) is 0. The van der Waals surface area contributed by atoms with E-state index >= 15 is 0 Å². The smallest absolute Gasteiger partial charge is 0.262 e. The summed E-state index contributed by atoms with van der Waals surface area (Å²) in [6.45, 7) is 1.67. The molecule has 2 aromatic carbocycles. The molecule has 2 rings (SSSR count). The highest BCUT2D eigenvalue weighted by molar-refractivity contribution is 9.10. The molecule has 0 atom stereocenters. The molecular weight excluding hydrogens is 339 g/mol. The fourth-order valence-corrected chi connectivity index (χ4v) is 2.07. The predicted octanol–water partition coefficient (Wildman–Crippen LogP) is 3.50. The number of nitrogens with one attached hydrogen (secondary N) is 1. The molecule has 3 N–H and O–H groups in total. The molecule has 0 heterocycles. The van der Waals surface area contributed by atoms with Gasteiger partial charge in [0, 0.05) is 6.07 Å². The number of halogens is 2. The zero-order valence-corrected chi connectivity index (χ0v) is 12.9. The highest BCUT2D eigenvalue weighted by Crippen LogP contribution is 2.25. The number of carbonyl (C=O) groups excluding carboxylic acids is 1. The van der Waals surface area contributed by atoms with Gasteiger partial charge in [-0.25, -0.2) is 4.39 Å². The number of rotatable bonds is 4. The molecule has 0 spiro atoms. The van der Waals surface area contributed by atoms with E-state index in [-0.39, 0.29) is 18.3 Å². The minimum absolute atomic E-state index is 0.241. The number of carbonyl (C=O) groups is 1. The zero-order valence-electron chi connectivity index (χ0n) is 11.3. The molecule has 21 heavy (non-hydrogen) atoms. The van der Waals surface area contributed by atoms with Crippen molar-refractivity contribution in [3.05, 3.63) is 52.3 Å². The lowest BCUT2D eigenvalue weighted by molar-refractivity contribution is -0.118. The molecule has 110 valence electrons. The monoisotopic (exact) mass is 352 g/mol. The third kappa shape index (κ3) is 4.19. The van der Waals surface area contributed by atoms with E-state index in [2.05, 4.69) is 21.2 Å². The van der Waals surface area contributed by atoms with E-state index in [0.717, 1.165) is 5.56 Å². The van der Waals surface area contributed by atoms with Crippen LogP contribution in [0.2, 0.25) is 0 Å². The molecule has 0 unspecified atom stereocenters. The van der Waals surface area contributed by atoms with E-state index in [1.807, 2.05) is 13.0 Å². The number of hydrogen-bond donors (Lipinski definition) is 2. The lowest BCUT2D eigenvalue weighted by atomic mass is 10.2. The van der Waals surface area contributed by atoms with E-state index in [0.29, 0.717) is 15.8 Å². The first-order chi connectivity index (χ1) is 9.95. The SMILES string of the molecule is Cc1ccc(NC(=O)COc2cc(F)ccc2Br)c(N)c1. The molecule has 0 aliphatic heterocycles. The van der Waals surface area contributed by atoms with E-state index in [9.17, 15) is 9.18 Å². The maximum Gasteiger partial charge on any atom is 0.262 e. The van der Waals surface area contributed by atoms with Crippen molar-refractivity contribution in [1.29, 1.82) is 0 Å². The van der Waals surface area contributed by atoms with Gasteiger partial charge in [-0.3, -0.25) is 4.79 Å². The Bertz CT molecular complexity index is 677. The van der Waals surface area contributed by atoms with Crippen molar-refractivity contribution in [2.45, 2.75) is 6.92 Å². The molecule has 0 bridgehead atoms. The minimum atomic E-state index is -0.434. The summed E-state index contributed by atoms with van der Waals surface area (Å²) >= 11 is 3.22. The van der Waals surface area contributed by atoms with Gasteiger partial charge in [-0.05, 0) is 52.7 Å². The van der Waals surface area contributed by atoms with Crippen molar-refractivity contribution in [3.8, 4) is 5.75 Å². The summed E-state index contributed by atoms with van der Waals surface area (Å²) < 4.78 is 18.9. The Balaban J connectivity index is 1.97. The van der Waals surface area contributed by atoms with Crippen LogP contribution in [0.5, 0.6) is 5.75 Å². The van der Waals surface area contributed by atoms with Gasteiger partial charge >= 0.3 is 0 Å². The van der Waals surface area contributed by atoms with Crippen LogP contribution in [-0.2, 0) is 4.79 Å². The number of amides is 1. The number of hydrogen-bond acceptors (Lipinski definition) is 3. The third-order valence-electron chi connectivity index (χ3n) is 2.73. The Kier molecular flexibility index (Phi) is 4.80. The lowest BCUT2D eigenvalue weighted by Gasteiger charge is -2.11. The number of nitrogens with two attached hydrogens (primary N) is 1. The van der Waals surface area contributed by atoms with Gasteiger partial charge in [-0.1, -0.05) is 6.07 Å². The van der Waals surface area contributed by atoms with Gasteiger partial charge in [0.05, 0.1) is 15.8 Å². The molecule has 0 aliphatic carbocycles. The molecule has 0 radical (unpaired) electrons. The number of anilines is 2. The summed E-state index contributed by atoms with van der Waals surface area (Å²) in [6, 6.07) is 9.35. The summed E-state index contributed by atoms with van der Waals surface area (Å²) in [5.41, 5.74) is 7.82. The standard InChI is InChI=1S/C15H14BrFN2O2/c1-9-2-5-13(12(18)6-9)19-15(20)8-21-14-7-10(17)3-4-11(14)16/h2-7H,8,18H2,1H3,(H,19,20). The van der Waals surface area contributed by atoms with E-state index in [1.165, 1.54) is 18.2 Å². The molecule has 0 saturated carbocycles. The van der Waals surface area contributed by atoms with Crippen molar-refractivity contribution in [2.24, 2.45) is 0 Å². The van der Waals surface area contributed by atoms with Crippen LogP contribution in [0.25, 0.3) is 0 Å². The van der Waals surface area contributed by atoms with Crippen LogP contribution in [0.1, 0.15) is 5.56 Å². The second-order valence-electron chi connectivity index (χ2n) is 4.50. The van der Waals surface area contributed by atoms with Crippen LogP contribution in [0.15, 0.2) is 40.9 Å². The first kappa shape index (κ1) is 15.3. The normalized spacial score (nSPS) is 10.2. The van der Waals surface area contributed by atoms with E-state index in [4.69, 9.17) is 10.5 Å². The summed E-state index contributed by atoms with van der Waals surface area (Å²) in [4.78, 5) is 11.8. The first-order valence-corrected chi connectivity index (χ1v) is 6.99. The highest BCUT2D eigenvalue weighted by Gasteiger charge is 2.09. The van der Waals surface area contributed by atoms with Gasteiger partial charge in [-0.15, -0.1) is 0 Å². The Hall–Kier alpha value is -2.08. The second-order valence-corrected chi connectivity index (χ2v) is 5.36. The van der Waals surface area contributed by atoms with Gasteiger partial charge in [0.2, 0.25) is 0 Å². The van der Waals surface area contributed by atoms with E-state index < -0.39 is 5.82 Å². The Morgan fingerprint density at radius 1 is 1.33 bits per heavy atom. The molecule has 6 heteroatoms. The summed E-state index contributed by atoms with van der Waals surface area (Å²) in [5, 5.41) is 2.64. The van der Waals surface area contributed by atoms with Crippen LogP contribution in [0.3, 0.4) is 0 Å². The Morgan fingerprint density at radius 3 is 2.81 bits per heavy atom. The maximum absolute atomic E-state index is 13.1. The fourth-order valence-electron chi connectivity index (χ4n) is 1.71. The van der Waals surface area contributed by atoms with E-state index in [1.54, 1.807) is 12.1 Å². The number of ether oxygens (including phenoxy) is 1. The molecule has 2 aromatic rings. The van der Waals surface area contributed by atoms with Crippen LogP contribution in [-0.4, -0.2) is 12.5 Å². The Labute approximate surface area is 130 Å². The van der Waals surface area contributed by atoms with Gasteiger partial charge in [-0.2, -0.15) is 0 Å². The summed E-state index contributed by atoms with van der Waals surface area (Å²) in [7, 11) is 0. The van der Waals surface area contributed by atoms with Crippen molar-refractivity contribution < 1.29 is 13.9 Å².